The topological polar surface area (TPSA) is 84.9 Å². The largest absolute Gasteiger partial charge is 0.480 e. The van der Waals surface area contributed by atoms with Gasteiger partial charge in [0.2, 0.25) is 0 Å². The molecule has 0 saturated heterocycles. The third kappa shape index (κ3) is 3.66. The summed E-state index contributed by atoms with van der Waals surface area (Å²) in [5.74, 6) is -1.27. The van der Waals surface area contributed by atoms with E-state index < -0.39 is 23.7 Å². The molecule has 6 nitrogen and oxygen atoms in total. The van der Waals surface area contributed by atoms with Gasteiger partial charge in [-0.15, -0.1) is 0 Å². The van der Waals surface area contributed by atoms with E-state index in [1.165, 1.54) is 7.11 Å². The van der Waals surface area contributed by atoms with Crippen molar-refractivity contribution < 1.29 is 24.2 Å². The Balaban J connectivity index is 1.73. The summed E-state index contributed by atoms with van der Waals surface area (Å²) in [4.78, 5) is 23.7. The van der Waals surface area contributed by atoms with Gasteiger partial charge in [0.25, 0.3) is 0 Å². The average Bonchev–Trinajstić information content (AvgIpc) is 2.98. The Morgan fingerprint density at radius 2 is 1.59 bits per heavy atom. The van der Waals surface area contributed by atoms with Gasteiger partial charge in [0, 0.05) is 13.0 Å². The number of carboxylic acid groups (broad SMARTS) is 1. The second-order valence-corrected chi connectivity index (χ2v) is 7.05. The van der Waals surface area contributed by atoms with Crippen molar-refractivity contribution in [3.8, 4) is 11.1 Å². The van der Waals surface area contributed by atoms with E-state index in [2.05, 4.69) is 17.4 Å². The van der Waals surface area contributed by atoms with E-state index in [0.29, 0.717) is 0 Å². The Morgan fingerprint density at radius 1 is 1.07 bits per heavy atom. The lowest BCUT2D eigenvalue weighted by atomic mass is 9.98. The second-order valence-electron chi connectivity index (χ2n) is 7.05. The Labute approximate surface area is 158 Å². The molecule has 0 spiro atoms. The van der Waals surface area contributed by atoms with E-state index in [-0.39, 0.29) is 12.5 Å². The Hall–Kier alpha value is -2.86. The molecule has 0 aromatic heterocycles. The number of rotatable bonds is 6. The molecule has 1 unspecified atom stereocenters. The number of amides is 1. The number of benzene rings is 2. The van der Waals surface area contributed by atoms with E-state index in [1.807, 2.05) is 36.4 Å². The highest BCUT2D eigenvalue weighted by atomic mass is 16.6. The van der Waals surface area contributed by atoms with Crippen molar-refractivity contribution in [1.82, 2.24) is 5.32 Å². The average molecular weight is 369 g/mol. The maximum atomic E-state index is 12.2. The van der Waals surface area contributed by atoms with Crippen molar-refractivity contribution in [1.29, 1.82) is 0 Å². The Bertz CT molecular complexity index is 816. The van der Waals surface area contributed by atoms with Crippen LogP contribution in [0.2, 0.25) is 0 Å². The van der Waals surface area contributed by atoms with E-state index in [1.54, 1.807) is 13.8 Å². The lowest BCUT2D eigenvalue weighted by Crippen LogP contribution is -2.55. The van der Waals surface area contributed by atoms with E-state index in [9.17, 15) is 14.7 Å². The smallest absolute Gasteiger partial charge is 0.407 e. The van der Waals surface area contributed by atoms with Crippen LogP contribution in [-0.4, -0.2) is 42.5 Å². The molecule has 1 aliphatic carbocycles. The molecule has 1 amide bonds. The molecule has 2 aromatic carbocycles. The van der Waals surface area contributed by atoms with E-state index >= 15 is 0 Å². The molecule has 0 heterocycles. The highest BCUT2D eigenvalue weighted by molar-refractivity contribution is 5.82. The molecule has 0 saturated carbocycles. The molecular weight excluding hydrogens is 346 g/mol. The summed E-state index contributed by atoms with van der Waals surface area (Å²) in [6.45, 7) is 3.31. The van der Waals surface area contributed by atoms with Gasteiger partial charge in [0.05, 0.1) is 5.60 Å². The number of fused-ring (bicyclic) bond motifs is 3. The standard InChI is InChI=1S/C21H23NO5/c1-21(2,26-3)18(19(23)24)22-20(25)27-12-17-15-10-6-4-8-13(15)14-9-5-7-11-16(14)17/h4-11,17-18H,12H2,1-3H3,(H,22,25)(H,23,24). The fraction of sp³-hybridized carbons (Fsp3) is 0.333. The van der Waals surface area contributed by atoms with Crippen LogP contribution in [-0.2, 0) is 14.3 Å². The fourth-order valence-corrected chi connectivity index (χ4v) is 3.41. The first-order valence-electron chi connectivity index (χ1n) is 8.74. The molecule has 2 aromatic rings. The monoisotopic (exact) mass is 369 g/mol. The van der Waals surface area contributed by atoms with Gasteiger partial charge < -0.3 is 19.9 Å². The minimum atomic E-state index is -1.22. The SMILES string of the molecule is COC(C)(C)C(NC(=O)OCC1c2ccccc2-c2ccccc21)C(=O)O. The number of aliphatic carboxylic acids is 1. The number of nitrogens with one attached hydrogen (secondary N) is 1. The van der Waals surface area contributed by atoms with Crippen molar-refractivity contribution >= 4 is 12.1 Å². The maximum absolute atomic E-state index is 12.2. The molecule has 0 aliphatic heterocycles. The third-order valence-corrected chi connectivity index (χ3v) is 5.07. The summed E-state index contributed by atoms with van der Waals surface area (Å²) in [6.07, 6.45) is -0.783. The number of alkyl carbamates (subject to hydrolysis) is 1. The van der Waals surface area contributed by atoms with Crippen LogP contribution in [0, 0.1) is 0 Å². The van der Waals surface area contributed by atoms with Crippen LogP contribution in [0.3, 0.4) is 0 Å². The number of carboxylic acids is 1. The predicted molar refractivity (Wildman–Crippen MR) is 101 cm³/mol. The quantitative estimate of drug-likeness (QED) is 0.815. The van der Waals surface area contributed by atoms with Crippen LogP contribution in [0.5, 0.6) is 0 Å². The maximum Gasteiger partial charge on any atom is 0.407 e. The normalized spacial score (nSPS) is 14.2. The molecular formula is C21H23NO5. The first kappa shape index (κ1) is 18.9. The van der Waals surface area contributed by atoms with Crippen molar-refractivity contribution in [2.24, 2.45) is 0 Å². The van der Waals surface area contributed by atoms with Crippen molar-refractivity contribution in [3.05, 3.63) is 59.7 Å². The summed E-state index contributed by atoms with van der Waals surface area (Å²) in [6, 6.07) is 14.8. The number of ether oxygens (including phenoxy) is 2. The van der Waals surface area contributed by atoms with Crippen LogP contribution in [0.1, 0.15) is 30.9 Å². The summed E-state index contributed by atoms with van der Waals surface area (Å²) in [5.41, 5.74) is 3.38. The van der Waals surface area contributed by atoms with Gasteiger partial charge in [-0.2, -0.15) is 0 Å². The number of carbonyl (C=O) groups excluding carboxylic acids is 1. The van der Waals surface area contributed by atoms with Gasteiger partial charge in [-0.05, 0) is 36.1 Å². The van der Waals surface area contributed by atoms with Gasteiger partial charge in [-0.25, -0.2) is 9.59 Å². The van der Waals surface area contributed by atoms with Crippen LogP contribution >= 0.6 is 0 Å². The van der Waals surface area contributed by atoms with Gasteiger partial charge in [-0.3, -0.25) is 0 Å². The zero-order valence-corrected chi connectivity index (χ0v) is 15.6. The van der Waals surface area contributed by atoms with Crippen molar-refractivity contribution in [2.75, 3.05) is 13.7 Å². The molecule has 1 atom stereocenters. The first-order chi connectivity index (χ1) is 12.8. The number of hydrogen-bond donors (Lipinski definition) is 2. The minimum absolute atomic E-state index is 0.0816. The van der Waals surface area contributed by atoms with Crippen molar-refractivity contribution in [3.63, 3.8) is 0 Å². The molecule has 0 radical (unpaired) electrons. The van der Waals surface area contributed by atoms with Gasteiger partial charge in [0.15, 0.2) is 6.04 Å². The lowest BCUT2D eigenvalue weighted by molar-refractivity contribution is -0.147. The fourth-order valence-electron chi connectivity index (χ4n) is 3.41. The van der Waals surface area contributed by atoms with Crippen LogP contribution < -0.4 is 5.32 Å². The highest BCUT2D eigenvalue weighted by Gasteiger charge is 2.37. The zero-order valence-electron chi connectivity index (χ0n) is 15.6. The summed E-state index contributed by atoms with van der Waals surface area (Å²) < 4.78 is 10.6. The van der Waals surface area contributed by atoms with Gasteiger partial charge in [-0.1, -0.05) is 48.5 Å². The number of hydrogen-bond acceptors (Lipinski definition) is 4. The van der Waals surface area contributed by atoms with Crippen LogP contribution in [0.25, 0.3) is 11.1 Å². The molecule has 0 fully saturated rings. The first-order valence-corrected chi connectivity index (χ1v) is 8.74. The summed E-state index contributed by atoms with van der Waals surface area (Å²) in [7, 11) is 1.40. The van der Waals surface area contributed by atoms with Crippen LogP contribution in [0.4, 0.5) is 4.79 Å². The summed E-state index contributed by atoms with van der Waals surface area (Å²) in [5, 5.41) is 11.8. The Kier molecular flexibility index (Phi) is 5.19. The van der Waals surface area contributed by atoms with Gasteiger partial charge >= 0.3 is 12.1 Å². The predicted octanol–water partition coefficient (Wildman–Crippen LogP) is 3.40. The number of methoxy groups -OCH3 is 1. The van der Waals surface area contributed by atoms with E-state index in [4.69, 9.17) is 9.47 Å². The van der Waals surface area contributed by atoms with Gasteiger partial charge in [0.1, 0.15) is 6.61 Å². The van der Waals surface area contributed by atoms with Crippen molar-refractivity contribution in [2.45, 2.75) is 31.4 Å². The molecule has 2 N–H and O–H groups in total. The zero-order chi connectivity index (χ0) is 19.6. The molecule has 1 aliphatic rings. The second kappa shape index (κ2) is 7.40. The number of carbonyl (C=O) groups is 2. The molecule has 6 heteroatoms. The Morgan fingerprint density at radius 3 is 2.07 bits per heavy atom. The lowest BCUT2D eigenvalue weighted by Gasteiger charge is -2.30. The highest BCUT2D eigenvalue weighted by Crippen LogP contribution is 2.44. The molecule has 27 heavy (non-hydrogen) atoms. The summed E-state index contributed by atoms with van der Waals surface area (Å²) >= 11 is 0. The molecule has 3 rings (SSSR count). The molecule has 0 bridgehead atoms. The third-order valence-electron chi connectivity index (χ3n) is 5.07. The van der Waals surface area contributed by atoms with Crippen LogP contribution in [0.15, 0.2) is 48.5 Å². The molecule has 142 valence electrons. The minimum Gasteiger partial charge on any atom is -0.480 e. The van der Waals surface area contributed by atoms with E-state index in [0.717, 1.165) is 22.3 Å².